The van der Waals surface area contributed by atoms with Gasteiger partial charge in [-0.1, -0.05) is 28.7 Å². The minimum absolute atomic E-state index is 0.205. The van der Waals surface area contributed by atoms with Gasteiger partial charge in [-0.2, -0.15) is 0 Å². The van der Waals surface area contributed by atoms with Crippen molar-refractivity contribution in [2.75, 3.05) is 36.0 Å². The molecule has 4 aromatic rings. The van der Waals surface area contributed by atoms with Crippen molar-refractivity contribution in [1.29, 1.82) is 0 Å². The second-order valence-electron chi connectivity index (χ2n) is 7.01. The summed E-state index contributed by atoms with van der Waals surface area (Å²) in [7, 11) is 0. The molecule has 2 aromatic heterocycles. The highest BCUT2D eigenvalue weighted by molar-refractivity contribution is 7.22. The highest BCUT2D eigenvalue weighted by Gasteiger charge is 2.22. The summed E-state index contributed by atoms with van der Waals surface area (Å²) in [6.07, 6.45) is 0. The minimum Gasteiger partial charge on any atom is -0.345 e. The number of rotatable bonds is 2. The first-order chi connectivity index (χ1) is 13.1. The van der Waals surface area contributed by atoms with Gasteiger partial charge >= 0.3 is 0 Å². The van der Waals surface area contributed by atoms with Crippen LogP contribution in [0.25, 0.3) is 20.4 Å². The summed E-state index contributed by atoms with van der Waals surface area (Å²) in [5.41, 5.74) is 4.53. The van der Waals surface area contributed by atoms with Crippen molar-refractivity contribution in [3.63, 3.8) is 0 Å². The molecule has 1 fully saturated rings. The van der Waals surface area contributed by atoms with E-state index in [2.05, 4.69) is 40.8 Å². The maximum absolute atomic E-state index is 13.4. The lowest BCUT2D eigenvalue weighted by Crippen LogP contribution is -2.46. The second kappa shape index (κ2) is 6.42. The number of nitrogens with zero attached hydrogens (tertiary/aromatic N) is 4. The predicted octanol–water partition coefficient (Wildman–Crippen LogP) is 4.99. The maximum atomic E-state index is 13.4. The van der Waals surface area contributed by atoms with Crippen LogP contribution < -0.4 is 9.80 Å². The van der Waals surface area contributed by atoms with E-state index in [1.165, 1.54) is 21.9 Å². The Hall–Kier alpha value is -2.25. The number of anilines is 2. The molecule has 138 valence electrons. The molecular formula is C20H19FN4S2. The van der Waals surface area contributed by atoms with Gasteiger partial charge in [0.2, 0.25) is 0 Å². The van der Waals surface area contributed by atoms with Gasteiger partial charge in [-0.15, -0.1) is 0 Å². The Kier molecular flexibility index (Phi) is 4.02. The van der Waals surface area contributed by atoms with Crippen molar-refractivity contribution in [1.82, 2.24) is 9.97 Å². The summed E-state index contributed by atoms with van der Waals surface area (Å²) >= 11 is 3.35. The van der Waals surface area contributed by atoms with Crippen LogP contribution in [0.3, 0.4) is 0 Å². The summed E-state index contributed by atoms with van der Waals surface area (Å²) in [5.74, 6) is -0.205. The van der Waals surface area contributed by atoms with Crippen LogP contribution in [0.15, 0.2) is 30.3 Å². The number of benzene rings is 2. The number of piperazine rings is 1. The molecule has 1 saturated heterocycles. The molecule has 2 aromatic carbocycles. The normalized spacial score (nSPS) is 15.2. The Morgan fingerprint density at radius 2 is 1.52 bits per heavy atom. The van der Waals surface area contributed by atoms with Crippen molar-refractivity contribution in [2.45, 2.75) is 13.8 Å². The smallest absolute Gasteiger partial charge is 0.186 e. The third-order valence-corrected chi connectivity index (χ3v) is 7.31. The van der Waals surface area contributed by atoms with E-state index in [1.807, 2.05) is 0 Å². The van der Waals surface area contributed by atoms with E-state index in [-0.39, 0.29) is 5.82 Å². The summed E-state index contributed by atoms with van der Waals surface area (Å²) in [6.45, 7) is 7.91. The van der Waals surface area contributed by atoms with Crippen molar-refractivity contribution < 1.29 is 4.39 Å². The molecule has 4 nitrogen and oxygen atoms in total. The van der Waals surface area contributed by atoms with Gasteiger partial charge in [0.05, 0.1) is 20.4 Å². The molecule has 0 unspecified atom stereocenters. The van der Waals surface area contributed by atoms with E-state index >= 15 is 0 Å². The number of aromatic nitrogens is 2. The van der Waals surface area contributed by atoms with Crippen LogP contribution in [0.2, 0.25) is 0 Å². The molecular weight excluding hydrogens is 379 g/mol. The fraction of sp³-hybridized carbons (Fsp3) is 0.300. The first-order valence-corrected chi connectivity index (χ1v) is 10.6. The summed E-state index contributed by atoms with van der Waals surface area (Å²) in [4.78, 5) is 14.2. The zero-order chi connectivity index (χ0) is 18.5. The van der Waals surface area contributed by atoms with Crippen LogP contribution in [-0.4, -0.2) is 36.1 Å². The molecule has 3 heterocycles. The van der Waals surface area contributed by atoms with Crippen molar-refractivity contribution >= 4 is 53.4 Å². The summed E-state index contributed by atoms with van der Waals surface area (Å²) < 4.78 is 15.6. The third-order valence-electron chi connectivity index (χ3n) is 4.97. The molecule has 7 heteroatoms. The van der Waals surface area contributed by atoms with Crippen LogP contribution in [0.1, 0.15) is 11.1 Å². The van der Waals surface area contributed by atoms with E-state index in [1.54, 1.807) is 34.8 Å². The largest absolute Gasteiger partial charge is 0.345 e. The second-order valence-corrected chi connectivity index (χ2v) is 9.00. The number of halogens is 1. The van der Waals surface area contributed by atoms with Gasteiger partial charge in [0.25, 0.3) is 0 Å². The number of aryl methyl sites for hydroxylation is 2. The predicted molar refractivity (Wildman–Crippen MR) is 113 cm³/mol. The Bertz CT molecular complexity index is 1140. The zero-order valence-corrected chi connectivity index (χ0v) is 16.8. The average Bonchev–Trinajstić information content (AvgIpc) is 3.25. The van der Waals surface area contributed by atoms with Gasteiger partial charge in [0, 0.05) is 26.2 Å². The van der Waals surface area contributed by atoms with E-state index in [0.717, 1.165) is 52.2 Å². The van der Waals surface area contributed by atoms with Crippen LogP contribution in [0.5, 0.6) is 0 Å². The van der Waals surface area contributed by atoms with Crippen LogP contribution in [0, 0.1) is 19.7 Å². The molecule has 0 radical (unpaired) electrons. The fourth-order valence-electron chi connectivity index (χ4n) is 3.61. The van der Waals surface area contributed by atoms with Crippen LogP contribution >= 0.6 is 22.7 Å². The Morgan fingerprint density at radius 3 is 2.26 bits per heavy atom. The van der Waals surface area contributed by atoms with Crippen molar-refractivity contribution in [3.05, 3.63) is 47.3 Å². The monoisotopic (exact) mass is 398 g/mol. The van der Waals surface area contributed by atoms with E-state index in [9.17, 15) is 4.39 Å². The molecule has 1 aliphatic rings. The number of hydrogen-bond donors (Lipinski definition) is 0. The first-order valence-electron chi connectivity index (χ1n) is 9.00. The molecule has 0 atom stereocenters. The van der Waals surface area contributed by atoms with Crippen molar-refractivity contribution in [2.24, 2.45) is 0 Å². The molecule has 0 N–H and O–H groups in total. The van der Waals surface area contributed by atoms with Crippen LogP contribution in [-0.2, 0) is 0 Å². The highest BCUT2D eigenvalue weighted by Crippen LogP contribution is 2.34. The summed E-state index contributed by atoms with van der Waals surface area (Å²) in [5, 5.41) is 2.08. The van der Waals surface area contributed by atoms with E-state index < -0.39 is 0 Å². The lowest BCUT2D eigenvalue weighted by Gasteiger charge is -2.34. The Labute approximate surface area is 164 Å². The third kappa shape index (κ3) is 3.04. The Morgan fingerprint density at radius 1 is 0.852 bits per heavy atom. The number of hydrogen-bond acceptors (Lipinski definition) is 6. The fourth-order valence-corrected chi connectivity index (χ4v) is 5.72. The van der Waals surface area contributed by atoms with Crippen molar-refractivity contribution in [3.8, 4) is 0 Å². The van der Waals surface area contributed by atoms with Gasteiger partial charge in [-0.25, -0.2) is 14.4 Å². The van der Waals surface area contributed by atoms with Gasteiger partial charge < -0.3 is 9.80 Å². The Balaban J connectivity index is 1.35. The zero-order valence-electron chi connectivity index (χ0n) is 15.2. The molecule has 0 amide bonds. The summed E-state index contributed by atoms with van der Waals surface area (Å²) in [6, 6.07) is 9.18. The SMILES string of the molecule is Cc1cc(C)c2sc(N3CCN(c4nc5ccc(F)cc5s4)CC3)nc2c1. The topological polar surface area (TPSA) is 32.3 Å². The molecule has 1 aliphatic heterocycles. The lowest BCUT2D eigenvalue weighted by molar-refractivity contribution is 0.630. The molecule has 5 rings (SSSR count). The average molecular weight is 399 g/mol. The van der Waals surface area contributed by atoms with Gasteiger partial charge in [-0.05, 0) is 49.2 Å². The van der Waals surface area contributed by atoms with E-state index in [0.29, 0.717) is 0 Å². The molecule has 0 bridgehead atoms. The molecule has 0 spiro atoms. The number of thiazole rings is 2. The quantitative estimate of drug-likeness (QED) is 0.476. The minimum atomic E-state index is -0.205. The van der Waals surface area contributed by atoms with Gasteiger partial charge in [0.15, 0.2) is 10.3 Å². The lowest BCUT2D eigenvalue weighted by atomic mass is 10.1. The molecule has 0 saturated carbocycles. The highest BCUT2D eigenvalue weighted by atomic mass is 32.1. The first kappa shape index (κ1) is 16.9. The van der Waals surface area contributed by atoms with E-state index in [4.69, 9.17) is 4.98 Å². The van der Waals surface area contributed by atoms with Gasteiger partial charge in [-0.3, -0.25) is 0 Å². The molecule has 0 aliphatic carbocycles. The molecule has 27 heavy (non-hydrogen) atoms. The van der Waals surface area contributed by atoms with Crippen LogP contribution in [0.4, 0.5) is 14.7 Å². The number of fused-ring (bicyclic) bond motifs is 2. The standard InChI is InChI=1S/C20H19FN4S2/c1-12-9-13(2)18-16(10-12)23-20(27-18)25-7-5-24(6-8-25)19-22-15-4-3-14(21)11-17(15)26-19/h3-4,9-11H,5-8H2,1-2H3. The van der Waals surface area contributed by atoms with Gasteiger partial charge in [0.1, 0.15) is 5.82 Å². The maximum Gasteiger partial charge on any atom is 0.186 e.